The van der Waals surface area contributed by atoms with Gasteiger partial charge in [-0.05, 0) is 55.8 Å². The molecule has 5 heterocycles. The molecule has 2 aromatic carbocycles. The van der Waals surface area contributed by atoms with Crippen molar-refractivity contribution in [3.63, 3.8) is 0 Å². The van der Waals surface area contributed by atoms with Crippen molar-refractivity contribution in [2.75, 3.05) is 38.2 Å². The van der Waals surface area contributed by atoms with E-state index in [1.165, 1.54) is 0 Å². The zero-order chi connectivity index (χ0) is 25.1. The number of nitrogens with zero attached hydrogens (tertiary/aromatic N) is 5. The van der Waals surface area contributed by atoms with Gasteiger partial charge in [0.25, 0.3) is 0 Å². The first-order valence-corrected chi connectivity index (χ1v) is 13.0. The minimum atomic E-state index is -0.540. The number of hydrogen-bond donors (Lipinski definition) is 2. The lowest BCUT2D eigenvalue weighted by Gasteiger charge is -2.29. The Balaban J connectivity index is 1.37. The van der Waals surface area contributed by atoms with Gasteiger partial charge < -0.3 is 25.0 Å². The standard InChI is InChI=1S/C28H29FN6O2/c1-34-8-4-6-18(34)15-37-28-32-26-23(27(33-28)35-14-17-10-19(35)12-30-17)13-31-25(24(26)29)22-11-20(36)9-16-5-2-3-7-21(16)22/h2-3,5,7,9,11,13,17-19,30,36H,4,6,8,10,12,14-15H2,1H3/t17?,18-,19?/m0/s1. The van der Waals surface area contributed by atoms with Crippen LogP contribution in [-0.4, -0.2) is 76.4 Å². The van der Waals surface area contributed by atoms with E-state index in [0.29, 0.717) is 41.5 Å². The molecule has 3 atom stereocenters. The Hall–Kier alpha value is -3.56. The highest BCUT2D eigenvalue weighted by Gasteiger charge is 2.39. The minimum Gasteiger partial charge on any atom is -0.508 e. The van der Waals surface area contributed by atoms with Crippen LogP contribution in [-0.2, 0) is 0 Å². The lowest BCUT2D eigenvalue weighted by Crippen LogP contribution is -2.44. The first-order valence-electron chi connectivity index (χ1n) is 13.0. The number of fused-ring (bicyclic) bond motifs is 4. The predicted octanol–water partition coefficient (Wildman–Crippen LogP) is 3.71. The second-order valence-corrected chi connectivity index (χ2v) is 10.5. The van der Waals surface area contributed by atoms with E-state index >= 15 is 4.39 Å². The summed E-state index contributed by atoms with van der Waals surface area (Å²) in [7, 11) is 2.10. The molecule has 0 spiro atoms. The summed E-state index contributed by atoms with van der Waals surface area (Å²) >= 11 is 0. The largest absolute Gasteiger partial charge is 0.508 e. The Morgan fingerprint density at radius 2 is 2.08 bits per heavy atom. The lowest BCUT2D eigenvalue weighted by molar-refractivity contribution is 0.188. The fraction of sp³-hybridized carbons (Fsp3) is 0.393. The predicted molar refractivity (Wildman–Crippen MR) is 141 cm³/mol. The van der Waals surface area contributed by atoms with E-state index in [0.717, 1.165) is 49.7 Å². The molecule has 0 saturated carbocycles. The third kappa shape index (κ3) is 3.84. The zero-order valence-corrected chi connectivity index (χ0v) is 20.7. The van der Waals surface area contributed by atoms with Gasteiger partial charge in [-0.1, -0.05) is 24.3 Å². The molecule has 8 nitrogen and oxygen atoms in total. The van der Waals surface area contributed by atoms with Gasteiger partial charge in [-0.25, -0.2) is 4.39 Å². The number of pyridine rings is 1. The Bertz CT molecular complexity index is 1510. The van der Waals surface area contributed by atoms with Crippen LogP contribution in [0.1, 0.15) is 19.3 Å². The van der Waals surface area contributed by atoms with Crippen molar-refractivity contribution in [3.8, 4) is 23.0 Å². The van der Waals surface area contributed by atoms with Crippen molar-refractivity contribution in [2.45, 2.75) is 37.4 Å². The number of aromatic hydroxyl groups is 1. The molecule has 3 aliphatic rings. The maximum atomic E-state index is 16.3. The van der Waals surface area contributed by atoms with Crippen molar-refractivity contribution in [3.05, 3.63) is 48.4 Å². The molecule has 9 heteroatoms. The normalized spacial score (nSPS) is 23.5. The van der Waals surface area contributed by atoms with Gasteiger partial charge in [0, 0.05) is 43.0 Å². The van der Waals surface area contributed by atoms with Gasteiger partial charge in [-0.3, -0.25) is 4.98 Å². The summed E-state index contributed by atoms with van der Waals surface area (Å²) in [6.07, 6.45) is 4.90. The second kappa shape index (κ2) is 8.78. The van der Waals surface area contributed by atoms with Gasteiger partial charge in [0.05, 0.1) is 5.39 Å². The lowest BCUT2D eigenvalue weighted by atomic mass is 10.0. The topological polar surface area (TPSA) is 86.6 Å². The number of likely N-dealkylation sites (tertiary alicyclic amines) is 1. The van der Waals surface area contributed by atoms with E-state index in [4.69, 9.17) is 9.72 Å². The van der Waals surface area contributed by atoms with Crippen LogP contribution in [0.25, 0.3) is 32.9 Å². The SMILES string of the molecule is CN1CCC[C@H]1COc1nc(N2CC3CC2CN3)c2cnc(-c3cc(O)cc4ccccc34)c(F)c2n1. The first-order chi connectivity index (χ1) is 18.0. The highest BCUT2D eigenvalue weighted by Crippen LogP contribution is 2.38. The molecular weight excluding hydrogens is 471 g/mol. The van der Waals surface area contributed by atoms with E-state index in [2.05, 4.69) is 32.1 Å². The number of ether oxygens (including phenoxy) is 1. The molecule has 4 aromatic rings. The number of aromatic nitrogens is 3. The van der Waals surface area contributed by atoms with Crippen LogP contribution in [0.2, 0.25) is 0 Å². The maximum Gasteiger partial charge on any atom is 0.319 e. The van der Waals surface area contributed by atoms with Crippen LogP contribution in [0.3, 0.4) is 0 Å². The number of halogens is 1. The fourth-order valence-corrected chi connectivity index (χ4v) is 6.16. The van der Waals surface area contributed by atoms with E-state index in [1.807, 2.05) is 24.3 Å². The number of piperazine rings is 1. The Labute approximate surface area is 214 Å². The number of hydrogen-bond acceptors (Lipinski definition) is 8. The fourth-order valence-electron chi connectivity index (χ4n) is 6.16. The number of anilines is 1. The molecule has 2 N–H and O–H groups in total. The van der Waals surface area contributed by atoms with Gasteiger partial charge in [0.2, 0.25) is 0 Å². The molecule has 2 unspecified atom stereocenters. The molecule has 2 aromatic heterocycles. The minimum absolute atomic E-state index is 0.0590. The average molecular weight is 501 g/mol. The smallest absolute Gasteiger partial charge is 0.319 e. The van der Waals surface area contributed by atoms with Crippen LogP contribution >= 0.6 is 0 Å². The van der Waals surface area contributed by atoms with E-state index in [1.54, 1.807) is 18.3 Å². The number of phenolic OH excluding ortho intramolecular Hbond substituents is 1. The van der Waals surface area contributed by atoms with Crippen molar-refractivity contribution in [1.82, 2.24) is 25.2 Å². The number of phenols is 1. The molecule has 0 amide bonds. The van der Waals surface area contributed by atoms with Gasteiger partial charge >= 0.3 is 6.01 Å². The number of benzene rings is 2. The van der Waals surface area contributed by atoms with Crippen LogP contribution < -0.4 is 15.0 Å². The van der Waals surface area contributed by atoms with Crippen molar-refractivity contribution in [2.24, 2.45) is 0 Å². The molecule has 190 valence electrons. The summed E-state index contributed by atoms with van der Waals surface area (Å²) < 4.78 is 22.4. The van der Waals surface area contributed by atoms with Gasteiger partial charge in [0.1, 0.15) is 29.4 Å². The summed E-state index contributed by atoms with van der Waals surface area (Å²) in [4.78, 5) is 18.4. The highest BCUT2D eigenvalue weighted by atomic mass is 19.1. The molecule has 0 radical (unpaired) electrons. The first kappa shape index (κ1) is 22.6. The summed E-state index contributed by atoms with van der Waals surface area (Å²) in [5, 5.41) is 16.1. The molecule has 3 aliphatic heterocycles. The van der Waals surface area contributed by atoms with E-state index in [-0.39, 0.29) is 23.0 Å². The summed E-state index contributed by atoms with van der Waals surface area (Å²) in [6.45, 7) is 3.19. The van der Waals surface area contributed by atoms with Crippen LogP contribution in [0.15, 0.2) is 42.6 Å². The third-order valence-corrected chi connectivity index (χ3v) is 8.15. The van der Waals surface area contributed by atoms with Crippen molar-refractivity contribution in [1.29, 1.82) is 0 Å². The van der Waals surface area contributed by atoms with Crippen LogP contribution in [0.4, 0.5) is 10.2 Å². The van der Waals surface area contributed by atoms with Crippen LogP contribution in [0, 0.1) is 5.82 Å². The Morgan fingerprint density at radius 1 is 1.19 bits per heavy atom. The summed E-state index contributed by atoms with van der Waals surface area (Å²) in [5.74, 6) is 0.193. The Kier molecular flexibility index (Phi) is 5.37. The third-order valence-electron chi connectivity index (χ3n) is 8.15. The van der Waals surface area contributed by atoms with Crippen molar-refractivity contribution >= 4 is 27.5 Å². The molecule has 3 fully saturated rings. The molecule has 7 rings (SSSR count). The number of likely N-dealkylation sites (N-methyl/N-ethyl adjacent to an activating group) is 1. The second-order valence-electron chi connectivity index (χ2n) is 10.5. The highest BCUT2D eigenvalue weighted by molar-refractivity contribution is 6.00. The van der Waals surface area contributed by atoms with E-state index < -0.39 is 5.82 Å². The van der Waals surface area contributed by atoms with Crippen LogP contribution in [0.5, 0.6) is 11.8 Å². The van der Waals surface area contributed by atoms with Gasteiger partial charge in [0.15, 0.2) is 5.82 Å². The molecule has 0 aliphatic carbocycles. The van der Waals surface area contributed by atoms with Crippen molar-refractivity contribution < 1.29 is 14.2 Å². The maximum absolute atomic E-state index is 16.3. The number of nitrogens with one attached hydrogen (secondary N) is 1. The molecule has 3 saturated heterocycles. The van der Waals surface area contributed by atoms with Gasteiger partial charge in [-0.15, -0.1) is 0 Å². The number of rotatable bonds is 5. The Morgan fingerprint density at radius 3 is 2.86 bits per heavy atom. The zero-order valence-electron chi connectivity index (χ0n) is 20.7. The molecule has 2 bridgehead atoms. The molecular formula is C28H29FN6O2. The molecule has 37 heavy (non-hydrogen) atoms. The van der Waals surface area contributed by atoms with Gasteiger partial charge in [-0.2, -0.15) is 9.97 Å². The van der Waals surface area contributed by atoms with E-state index in [9.17, 15) is 5.11 Å². The monoisotopic (exact) mass is 500 g/mol. The summed E-state index contributed by atoms with van der Waals surface area (Å²) in [5.41, 5.74) is 0.859. The summed E-state index contributed by atoms with van der Waals surface area (Å²) in [6, 6.07) is 12.0. The quantitative estimate of drug-likeness (QED) is 0.429. The average Bonchev–Trinajstić information content (AvgIpc) is 3.65.